The fourth-order valence-electron chi connectivity index (χ4n) is 2.76. The summed E-state index contributed by atoms with van der Waals surface area (Å²) in [6.07, 6.45) is 0. The SMILES string of the molecule is Cc1cc(-c2ccc(=O)[nH]n2)ccc1N(C(C)C)C(C)C. The second kappa shape index (κ2) is 6.12. The first-order valence-corrected chi connectivity index (χ1v) is 7.35. The Balaban J connectivity index is 2.41. The molecule has 0 aliphatic heterocycles. The topological polar surface area (TPSA) is 49.0 Å². The number of aromatic nitrogens is 2. The molecule has 1 aromatic heterocycles. The quantitative estimate of drug-likeness (QED) is 0.937. The Kier molecular flexibility index (Phi) is 4.46. The molecule has 0 bridgehead atoms. The van der Waals surface area contributed by atoms with Crippen molar-refractivity contribution in [2.45, 2.75) is 46.7 Å². The molecule has 21 heavy (non-hydrogen) atoms. The second-order valence-corrected chi connectivity index (χ2v) is 5.90. The van der Waals surface area contributed by atoms with E-state index in [-0.39, 0.29) is 5.56 Å². The Bertz CT molecular complexity index is 645. The molecule has 0 radical (unpaired) electrons. The third-order valence-corrected chi connectivity index (χ3v) is 3.56. The van der Waals surface area contributed by atoms with Gasteiger partial charge in [-0.15, -0.1) is 0 Å². The van der Waals surface area contributed by atoms with Crippen LogP contribution in [0.3, 0.4) is 0 Å². The molecule has 2 aromatic rings. The summed E-state index contributed by atoms with van der Waals surface area (Å²) in [5.41, 5.74) is 4.07. The van der Waals surface area contributed by atoms with E-state index in [0.717, 1.165) is 11.3 Å². The minimum Gasteiger partial charge on any atom is -0.366 e. The Morgan fingerprint density at radius 3 is 2.19 bits per heavy atom. The van der Waals surface area contributed by atoms with Gasteiger partial charge in [-0.1, -0.05) is 6.07 Å². The summed E-state index contributed by atoms with van der Waals surface area (Å²) in [4.78, 5) is 13.5. The Morgan fingerprint density at radius 2 is 1.71 bits per heavy atom. The zero-order valence-electron chi connectivity index (χ0n) is 13.3. The number of anilines is 1. The molecule has 2 rings (SSSR count). The number of aryl methyl sites for hydroxylation is 1. The fraction of sp³-hybridized carbons (Fsp3) is 0.412. The van der Waals surface area contributed by atoms with E-state index >= 15 is 0 Å². The van der Waals surface area contributed by atoms with Gasteiger partial charge in [-0.2, -0.15) is 5.10 Å². The maximum Gasteiger partial charge on any atom is 0.264 e. The van der Waals surface area contributed by atoms with E-state index in [9.17, 15) is 4.79 Å². The maximum atomic E-state index is 11.1. The first-order valence-electron chi connectivity index (χ1n) is 7.35. The fourth-order valence-corrected chi connectivity index (χ4v) is 2.76. The third kappa shape index (κ3) is 3.32. The monoisotopic (exact) mass is 285 g/mol. The number of nitrogens with one attached hydrogen (secondary N) is 1. The van der Waals surface area contributed by atoms with Gasteiger partial charge < -0.3 is 4.90 Å². The molecule has 1 heterocycles. The Morgan fingerprint density at radius 1 is 1.05 bits per heavy atom. The van der Waals surface area contributed by atoms with Gasteiger partial charge in [-0.25, -0.2) is 5.10 Å². The molecule has 0 fully saturated rings. The first kappa shape index (κ1) is 15.3. The van der Waals surface area contributed by atoms with Gasteiger partial charge >= 0.3 is 0 Å². The summed E-state index contributed by atoms with van der Waals surface area (Å²) >= 11 is 0. The van der Waals surface area contributed by atoms with E-state index in [2.05, 4.69) is 67.9 Å². The van der Waals surface area contributed by atoms with Gasteiger partial charge in [0.2, 0.25) is 0 Å². The van der Waals surface area contributed by atoms with Crippen molar-refractivity contribution in [3.63, 3.8) is 0 Å². The van der Waals surface area contributed by atoms with Gasteiger partial charge in [0.05, 0.1) is 5.69 Å². The predicted molar refractivity (Wildman–Crippen MR) is 87.8 cm³/mol. The number of hydrogen-bond donors (Lipinski definition) is 1. The van der Waals surface area contributed by atoms with Crippen molar-refractivity contribution in [3.05, 3.63) is 46.2 Å². The molecule has 4 heteroatoms. The molecular formula is C17H23N3O. The van der Waals surface area contributed by atoms with Gasteiger partial charge in [0.1, 0.15) is 0 Å². The predicted octanol–water partition coefficient (Wildman–Crippen LogP) is 3.37. The average Bonchev–Trinajstić information content (AvgIpc) is 2.41. The highest BCUT2D eigenvalue weighted by Crippen LogP contribution is 2.28. The van der Waals surface area contributed by atoms with Crippen molar-refractivity contribution in [1.82, 2.24) is 10.2 Å². The number of hydrogen-bond acceptors (Lipinski definition) is 3. The molecule has 0 saturated carbocycles. The summed E-state index contributed by atoms with van der Waals surface area (Å²) in [6.45, 7) is 10.9. The van der Waals surface area contributed by atoms with Gasteiger partial charge in [0.25, 0.3) is 5.56 Å². The second-order valence-electron chi connectivity index (χ2n) is 5.90. The van der Waals surface area contributed by atoms with E-state index in [1.807, 2.05) is 0 Å². The van der Waals surface area contributed by atoms with E-state index in [0.29, 0.717) is 12.1 Å². The first-order chi connectivity index (χ1) is 9.90. The van der Waals surface area contributed by atoms with E-state index in [1.165, 1.54) is 17.3 Å². The molecule has 1 aromatic carbocycles. The van der Waals surface area contributed by atoms with E-state index in [1.54, 1.807) is 6.07 Å². The van der Waals surface area contributed by atoms with Crippen LogP contribution in [0, 0.1) is 6.92 Å². The lowest BCUT2D eigenvalue weighted by Gasteiger charge is -2.34. The van der Waals surface area contributed by atoms with Gasteiger partial charge in [-0.05, 0) is 58.4 Å². The van der Waals surface area contributed by atoms with Crippen molar-refractivity contribution < 1.29 is 0 Å². The van der Waals surface area contributed by atoms with Crippen LogP contribution in [-0.2, 0) is 0 Å². The van der Waals surface area contributed by atoms with E-state index < -0.39 is 0 Å². The normalized spacial score (nSPS) is 11.2. The summed E-state index contributed by atoms with van der Waals surface area (Å²) in [6, 6.07) is 10.4. The summed E-state index contributed by atoms with van der Waals surface area (Å²) < 4.78 is 0. The molecule has 0 aliphatic carbocycles. The smallest absolute Gasteiger partial charge is 0.264 e. The molecule has 0 atom stereocenters. The van der Waals surface area contributed by atoms with Crippen LogP contribution in [0.1, 0.15) is 33.3 Å². The van der Waals surface area contributed by atoms with Crippen LogP contribution in [0.4, 0.5) is 5.69 Å². The standard InChI is InChI=1S/C17H23N3O/c1-11(2)20(12(3)4)16-8-6-14(10-13(16)5)15-7-9-17(21)19-18-15/h6-12H,1-5H3,(H,19,21). The molecule has 4 nitrogen and oxygen atoms in total. The van der Waals surface area contributed by atoms with Crippen LogP contribution in [0.2, 0.25) is 0 Å². The Labute approximate surface area is 125 Å². The molecule has 1 N–H and O–H groups in total. The molecule has 0 aliphatic rings. The summed E-state index contributed by atoms with van der Waals surface area (Å²) in [7, 11) is 0. The maximum absolute atomic E-state index is 11.1. The lowest BCUT2D eigenvalue weighted by molar-refractivity contribution is 0.606. The minimum absolute atomic E-state index is 0.183. The van der Waals surface area contributed by atoms with Gasteiger partial charge in [0.15, 0.2) is 0 Å². The highest BCUT2D eigenvalue weighted by atomic mass is 16.1. The van der Waals surface area contributed by atoms with Crippen LogP contribution in [0.15, 0.2) is 35.1 Å². The van der Waals surface area contributed by atoms with Crippen LogP contribution in [0.25, 0.3) is 11.3 Å². The number of benzene rings is 1. The minimum atomic E-state index is -0.183. The number of rotatable bonds is 4. The van der Waals surface area contributed by atoms with Crippen molar-refractivity contribution in [1.29, 1.82) is 0 Å². The van der Waals surface area contributed by atoms with Crippen molar-refractivity contribution in [2.75, 3.05) is 4.90 Å². The van der Waals surface area contributed by atoms with Crippen LogP contribution in [-0.4, -0.2) is 22.3 Å². The van der Waals surface area contributed by atoms with Crippen LogP contribution < -0.4 is 10.5 Å². The highest BCUT2D eigenvalue weighted by Gasteiger charge is 2.16. The number of nitrogens with zero attached hydrogens (tertiary/aromatic N) is 2. The van der Waals surface area contributed by atoms with Gasteiger partial charge in [-0.3, -0.25) is 4.79 Å². The molecule has 0 unspecified atom stereocenters. The van der Waals surface area contributed by atoms with Crippen molar-refractivity contribution in [3.8, 4) is 11.3 Å². The van der Waals surface area contributed by atoms with E-state index in [4.69, 9.17) is 0 Å². The lowest BCUT2D eigenvalue weighted by atomic mass is 10.0. The number of H-pyrrole nitrogens is 1. The zero-order chi connectivity index (χ0) is 15.6. The largest absolute Gasteiger partial charge is 0.366 e. The molecule has 0 spiro atoms. The van der Waals surface area contributed by atoms with Crippen LogP contribution >= 0.6 is 0 Å². The lowest BCUT2D eigenvalue weighted by Crippen LogP contribution is -2.37. The summed E-state index contributed by atoms with van der Waals surface area (Å²) in [5, 5.41) is 6.56. The molecule has 0 amide bonds. The average molecular weight is 285 g/mol. The Hall–Kier alpha value is -2.10. The summed E-state index contributed by atoms with van der Waals surface area (Å²) in [5.74, 6) is 0. The molecule has 0 saturated heterocycles. The van der Waals surface area contributed by atoms with Gasteiger partial charge in [0, 0.05) is 29.4 Å². The molecule has 112 valence electrons. The number of aromatic amines is 1. The molecular weight excluding hydrogens is 262 g/mol. The van der Waals surface area contributed by atoms with Crippen molar-refractivity contribution >= 4 is 5.69 Å². The zero-order valence-corrected chi connectivity index (χ0v) is 13.3. The highest BCUT2D eigenvalue weighted by molar-refractivity contribution is 5.66. The van der Waals surface area contributed by atoms with Crippen molar-refractivity contribution in [2.24, 2.45) is 0 Å². The van der Waals surface area contributed by atoms with Crippen LogP contribution in [0.5, 0.6) is 0 Å². The third-order valence-electron chi connectivity index (χ3n) is 3.56.